The van der Waals surface area contributed by atoms with Gasteiger partial charge in [-0.15, -0.1) is 0 Å². The molecule has 1 aliphatic rings. The van der Waals surface area contributed by atoms with Crippen LogP contribution in [0.5, 0.6) is 0 Å². The van der Waals surface area contributed by atoms with Gasteiger partial charge in [-0.2, -0.15) is 5.10 Å². The highest BCUT2D eigenvalue weighted by Gasteiger charge is 2.17. The van der Waals surface area contributed by atoms with Crippen LogP contribution >= 0.6 is 0 Å². The van der Waals surface area contributed by atoms with E-state index in [1.165, 1.54) is 12.8 Å². The fraction of sp³-hybridized carbons (Fsp3) is 0.500. The molecule has 0 radical (unpaired) electrons. The molecular weight excluding hydrogens is 256 g/mol. The van der Waals surface area contributed by atoms with Gasteiger partial charge in [0.25, 0.3) is 5.69 Å². The Hall–Kier alpha value is -1.95. The molecule has 6 nitrogen and oxygen atoms in total. The number of likely N-dealkylation sites (tertiary alicyclic amines) is 1. The van der Waals surface area contributed by atoms with Gasteiger partial charge in [-0.3, -0.25) is 19.7 Å². The van der Waals surface area contributed by atoms with Crippen LogP contribution in [0.3, 0.4) is 0 Å². The quantitative estimate of drug-likeness (QED) is 0.637. The Morgan fingerprint density at radius 2 is 2.15 bits per heavy atom. The van der Waals surface area contributed by atoms with Gasteiger partial charge in [-0.05, 0) is 24.8 Å². The third-order valence-corrected chi connectivity index (χ3v) is 4.05. The van der Waals surface area contributed by atoms with Crippen molar-refractivity contribution in [1.82, 2.24) is 14.7 Å². The molecule has 0 aliphatic carbocycles. The van der Waals surface area contributed by atoms with Crippen LogP contribution in [0.15, 0.2) is 24.4 Å². The number of nitrogens with zero attached hydrogens (tertiary/aromatic N) is 4. The van der Waals surface area contributed by atoms with Crippen molar-refractivity contribution < 1.29 is 4.92 Å². The lowest BCUT2D eigenvalue weighted by Crippen LogP contribution is -2.34. The molecule has 0 spiro atoms. The van der Waals surface area contributed by atoms with E-state index in [2.05, 4.69) is 16.9 Å². The highest BCUT2D eigenvalue weighted by atomic mass is 16.6. The number of rotatable bonds is 3. The molecule has 1 fully saturated rings. The highest BCUT2D eigenvalue weighted by Crippen LogP contribution is 2.22. The Bertz CT molecular complexity index is 629. The summed E-state index contributed by atoms with van der Waals surface area (Å²) in [7, 11) is 0. The maximum Gasteiger partial charge on any atom is 0.270 e. The summed E-state index contributed by atoms with van der Waals surface area (Å²) >= 11 is 0. The highest BCUT2D eigenvalue weighted by molar-refractivity contribution is 5.81. The summed E-state index contributed by atoms with van der Waals surface area (Å²) in [5.41, 5.74) is 1.07. The fourth-order valence-corrected chi connectivity index (χ4v) is 2.69. The van der Waals surface area contributed by atoms with Gasteiger partial charge in [-0.1, -0.05) is 6.92 Å². The number of hydrogen-bond donors (Lipinski definition) is 0. The topological polar surface area (TPSA) is 64.2 Å². The van der Waals surface area contributed by atoms with Gasteiger partial charge in [-0.25, -0.2) is 0 Å². The smallest absolute Gasteiger partial charge is 0.270 e. The number of nitro benzene ring substituents is 1. The predicted molar refractivity (Wildman–Crippen MR) is 76.4 cm³/mol. The van der Waals surface area contributed by atoms with E-state index in [-0.39, 0.29) is 10.6 Å². The molecule has 0 saturated carbocycles. The van der Waals surface area contributed by atoms with E-state index in [4.69, 9.17) is 0 Å². The normalized spacial score (nSPS) is 17.6. The van der Waals surface area contributed by atoms with Crippen molar-refractivity contribution in [2.24, 2.45) is 5.92 Å². The first-order chi connectivity index (χ1) is 9.63. The average molecular weight is 274 g/mol. The minimum Gasteiger partial charge on any atom is -0.284 e. The predicted octanol–water partition coefficient (Wildman–Crippen LogP) is 2.63. The molecule has 106 valence electrons. The minimum atomic E-state index is -0.372. The Kier molecular flexibility index (Phi) is 3.40. The Labute approximate surface area is 117 Å². The molecule has 0 atom stereocenters. The van der Waals surface area contributed by atoms with Gasteiger partial charge in [0.05, 0.1) is 23.3 Å². The molecule has 1 aromatic carbocycles. The van der Waals surface area contributed by atoms with Gasteiger partial charge in [0.2, 0.25) is 0 Å². The van der Waals surface area contributed by atoms with Gasteiger partial charge in [0, 0.05) is 30.6 Å². The van der Waals surface area contributed by atoms with E-state index in [9.17, 15) is 10.1 Å². The molecular formula is C14H18N4O2. The third kappa shape index (κ3) is 2.51. The summed E-state index contributed by atoms with van der Waals surface area (Å²) in [6.07, 6.45) is 4.16. The number of benzene rings is 1. The molecule has 1 saturated heterocycles. The largest absolute Gasteiger partial charge is 0.284 e. The van der Waals surface area contributed by atoms with Crippen LogP contribution in [-0.4, -0.2) is 32.7 Å². The maximum absolute atomic E-state index is 10.8. The van der Waals surface area contributed by atoms with Crippen LogP contribution in [0.2, 0.25) is 0 Å². The van der Waals surface area contributed by atoms with Crippen molar-refractivity contribution >= 4 is 16.6 Å². The zero-order valence-electron chi connectivity index (χ0n) is 11.5. The summed E-state index contributed by atoms with van der Waals surface area (Å²) < 4.78 is 1.93. The molecule has 3 rings (SSSR count). The van der Waals surface area contributed by atoms with Crippen LogP contribution in [-0.2, 0) is 6.67 Å². The van der Waals surface area contributed by atoms with E-state index < -0.39 is 0 Å². The van der Waals surface area contributed by atoms with Crippen LogP contribution in [0.4, 0.5) is 5.69 Å². The Morgan fingerprint density at radius 1 is 1.40 bits per heavy atom. The van der Waals surface area contributed by atoms with Crippen LogP contribution in [0.1, 0.15) is 19.8 Å². The third-order valence-electron chi connectivity index (χ3n) is 4.05. The summed E-state index contributed by atoms with van der Waals surface area (Å²) in [6.45, 7) is 5.23. The van der Waals surface area contributed by atoms with Crippen LogP contribution < -0.4 is 0 Å². The summed E-state index contributed by atoms with van der Waals surface area (Å²) in [6, 6.07) is 4.91. The van der Waals surface area contributed by atoms with Crippen molar-refractivity contribution in [3.8, 4) is 0 Å². The van der Waals surface area contributed by atoms with Gasteiger partial charge >= 0.3 is 0 Å². The molecule has 20 heavy (non-hydrogen) atoms. The molecule has 0 amide bonds. The molecule has 1 aliphatic heterocycles. The van der Waals surface area contributed by atoms with Crippen molar-refractivity contribution in [3.63, 3.8) is 0 Å². The van der Waals surface area contributed by atoms with Gasteiger partial charge in [0.15, 0.2) is 0 Å². The van der Waals surface area contributed by atoms with Crippen LogP contribution in [0, 0.1) is 16.0 Å². The lowest BCUT2D eigenvalue weighted by molar-refractivity contribution is -0.384. The molecule has 0 N–H and O–H groups in total. The SMILES string of the molecule is CC1CCN(Cn2ncc3cc([N+](=O)[O-])ccc32)CC1. The van der Waals surface area contributed by atoms with E-state index in [0.29, 0.717) is 0 Å². The molecule has 0 unspecified atom stereocenters. The van der Waals surface area contributed by atoms with Gasteiger partial charge < -0.3 is 0 Å². The Morgan fingerprint density at radius 3 is 2.85 bits per heavy atom. The van der Waals surface area contributed by atoms with E-state index in [1.807, 2.05) is 4.68 Å². The number of aromatic nitrogens is 2. The minimum absolute atomic E-state index is 0.115. The van der Waals surface area contributed by atoms with Crippen molar-refractivity contribution in [2.45, 2.75) is 26.4 Å². The number of fused-ring (bicyclic) bond motifs is 1. The molecule has 6 heteroatoms. The second-order valence-corrected chi connectivity index (χ2v) is 5.59. The number of hydrogen-bond acceptors (Lipinski definition) is 4. The van der Waals surface area contributed by atoms with Crippen LogP contribution in [0.25, 0.3) is 10.9 Å². The molecule has 1 aromatic heterocycles. The molecule has 2 aromatic rings. The number of non-ortho nitro benzene ring substituents is 1. The monoisotopic (exact) mass is 274 g/mol. The molecule has 0 bridgehead atoms. The average Bonchev–Trinajstić information content (AvgIpc) is 2.84. The second-order valence-electron chi connectivity index (χ2n) is 5.59. The summed E-state index contributed by atoms with van der Waals surface area (Å²) in [5, 5.41) is 16.0. The molecule has 2 heterocycles. The summed E-state index contributed by atoms with van der Waals surface area (Å²) in [5.74, 6) is 0.809. The number of piperidine rings is 1. The Balaban J connectivity index is 1.80. The standard InChI is InChI=1S/C14H18N4O2/c1-11-4-6-16(7-5-11)10-17-14-3-2-13(18(19)20)8-12(14)9-15-17/h2-3,8-9,11H,4-7,10H2,1H3. The maximum atomic E-state index is 10.8. The number of nitro groups is 1. The fourth-order valence-electron chi connectivity index (χ4n) is 2.69. The van der Waals surface area contributed by atoms with Crippen molar-refractivity contribution in [2.75, 3.05) is 13.1 Å². The van der Waals surface area contributed by atoms with E-state index in [1.54, 1.807) is 24.4 Å². The first-order valence-electron chi connectivity index (χ1n) is 6.96. The van der Waals surface area contributed by atoms with Gasteiger partial charge in [0.1, 0.15) is 0 Å². The first-order valence-corrected chi connectivity index (χ1v) is 6.96. The van der Waals surface area contributed by atoms with E-state index >= 15 is 0 Å². The second kappa shape index (κ2) is 5.20. The van der Waals surface area contributed by atoms with Crippen molar-refractivity contribution in [1.29, 1.82) is 0 Å². The summed E-state index contributed by atoms with van der Waals surface area (Å²) in [4.78, 5) is 12.8. The first kappa shape index (κ1) is 13.1. The van der Waals surface area contributed by atoms with Crippen molar-refractivity contribution in [3.05, 3.63) is 34.5 Å². The van der Waals surface area contributed by atoms with E-state index in [0.717, 1.165) is 36.6 Å². The lowest BCUT2D eigenvalue weighted by Gasteiger charge is -2.30. The zero-order chi connectivity index (χ0) is 14.1. The lowest BCUT2D eigenvalue weighted by atomic mass is 10.00. The zero-order valence-corrected chi connectivity index (χ0v) is 11.5.